The summed E-state index contributed by atoms with van der Waals surface area (Å²) in [6.45, 7) is 4.48. The van der Waals surface area contributed by atoms with Gasteiger partial charge in [0.05, 0.1) is 36.7 Å². The maximum Gasteiger partial charge on any atom is 0.240 e. The van der Waals surface area contributed by atoms with E-state index in [0.717, 1.165) is 6.42 Å². The average Bonchev–Trinajstić information content (AvgIpc) is 2.81. The van der Waals surface area contributed by atoms with E-state index >= 15 is 0 Å². The Bertz CT molecular complexity index is 1170. The fourth-order valence-corrected chi connectivity index (χ4v) is 4.62. The molecule has 0 spiro atoms. The van der Waals surface area contributed by atoms with Crippen LogP contribution in [0.1, 0.15) is 33.1 Å². The van der Waals surface area contributed by atoms with Crippen molar-refractivity contribution in [2.24, 2.45) is 5.14 Å². The smallest absolute Gasteiger partial charge is 0.240 e. The third kappa shape index (κ3) is 7.49. The summed E-state index contributed by atoms with van der Waals surface area (Å²) >= 11 is 0. The van der Waals surface area contributed by atoms with Gasteiger partial charge in [0.1, 0.15) is 0 Å². The highest BCUT2D eigenvalue weighted by molar-refractivity contribution is 7.89. The monoisotopic (exact) mass is 516 g/mol. The molecule has 1 atom stereocenters. The molecule has 0 heterocycles. The van der Waals surface area contributed by atoms with Crippen molar-refractivity contribution in [3.63, 3.8) is 0 Å². The van der Waals surface area contributed by atoms with Crippen molar-refractivity contribution in [2.45, 2.75) is 49.0 Å². The topological polar surface area (TPSA) is 143 Å². The number of hydrogen-bond donors (Lipinski definition) is 2. The minimum Gasteiger partial charge on any atom is -0.493 e. The Labute approximate surface area is 201 Å². The van der Waals surface area contributed by atoms with Crippen molar-refractivity contribution >= 4 is 20.0 Å². The predicted octanol–water partition coefficient (Wildman–Crippen LogP) is 2.67. The molecule has 0 aliphatic rings. The van der Waals surface area contributed by atoms with Crippen LogP contribution in [0.15, 0.2) is 46.2 Å². The number of nitrogens with two attached hydrogens (primary N) is 1. The summed E-state index contributed by atoms with van der Waals surface area (Å²) in [5.41, 5.74) is 0. The van der Waals surface area contributed by atoms with Gasteiger partial charge >= 0.3 is 0 Å². The second kappa shape index (κ2) is 12.2. The van der Waals surface area contributed by atoms with E-state index in [1.54, 1.807) is 6.07 Å². The number of sulfonamides is 2. The average molecular weight is 517 g/mol. The molecule has 1 unspecified atom stereocenters. The molecular formula is C22H32N2O8S2. The van der Waals surface area contributed by atoms with E-state index in [2.05, 4.69) is 4.72 Å². The quantitative estimate of drug-likeness (QED) is 0.390. The summed E-state index contributed by atoms with van der Waals surface area (Å²) < 4.78 is 73.1. The van der Waals surface area contributed by atoms with Crippen molar-refractivity contribution in [3.8, 4) is 23.0 Å². The number of methoxy groups -OCH3 is 2. The fourth-order valence-electron chi connectivity index (χ4n) is 3.03. The summed E-state index contributed by atoms with van der Waals surface area (Å²) in [6, 6.07) is 8.50. The van der Waals surface area contributed by atoms with E-state index in [1.165, 1.54) is 44.6 Å². The fraction of sp³-hybridized carbons (Fsp3) is 0.455. The van der Waals surface area contributed by atoms with Crippen molar-refractivity contribution in [1.82, 2.24) is 4.72 Å². The zero-order chi connectivity index (χ0) is 25.4. The first-order valence-electron chi connectivity index (χ1n) is 10.7. The maximum absolute atomic E-state index is 12.7. The standard InChI is InChI=1S/C22H32N2O8S2/c1-5-13-31-19-9-8-18(15-21(19)29-3)34(27,28)24-12-11-16(6-2)32-20-10-7-17(33(23,25)26)14-22(20)30-4/h7-10,14-16,24H,5-6,11-13H2,1-4H3,(H2,23,25,26). The van der Waals surface area contributed by atoms with Crippen molar-refractivity contribution in [1.29, 1.82) is 0 Å². The molecule has 0 aromatic heterocycles. The molecule has 34 heavy (non-hydrogen) atoms. The zero-order valence-corrected chi connectivity index (χ0v) is 21.4. The number of hydrogen-bond acceptors (Lipinski definition) is 8. The molecule has 3 N–H and O–H groups in total. The lowest BCUT2D eigenvalue weighted by molar-refractivity contribution is 0.180. The lowest BCUT2D eigenvalue weighted by Crippen LogP contribution is -2.29. The Hall–Kier alpha value is -2.54. The molecule has 0 bridgehead atoms. The van der Waals surface area contributed by atoms with Crippen LogP contribution in [0.2, 0.25) is 0 Å². The van der Waals surface area contributed by atoms with E-state index < -0.39 is 20.0 Å². The van der Waals surface area contributed by atoms with Gasteiger partial charge in [0.25, 0.3) is 0 Å². The van der Waals surface area contributed by atoms with Crippen LogP contribution in [-0.4, -0.2) is 50.3 Å². The first-order chi connectivity index (χ1) is 16.0. The Balaban J connectivity index is 2.05. The van der Waals surface area contributed by atoms with Crippen LogP contribution in [0.5, 0.6) is 23.0 Å². The molecule has 12 heteroatoms. The summed E-state index contributed by atoms with van der Waals surface area (Å²) in [5, 5.41) is 5.16. The van der Waals surface area contributed by atoms with Gasteiger partial charge in [0.2, 0.25) is 20.0 Å². The number of rotatable bonds is 14. The summed E-state index contributed by atoms with van der Waals surface area (Å²) in [5.74, 6) is 1.35. The Morgan fingerprint density at radius 2 is 1.47 bits per heavy atom. The van der Waals surface area contributed by atoms with Crippen LogP contribution >= 0.6 is 0 Å². The molecule has 10 nitrogen and oxygen atoms in total. The van der Waals surface area contributed by atoms with Crippen molar-refractivity contribution in [3.05, 3.63) is 36.4 Å². The van der Waals surface area contributed by atoms with Crippen LogP contribution in [0.3, 0.4) is 0 Å². The normalized spacial score (nSPS) is 12.7. The predicted molar refractivity (Wildman–Crippen MR) is 128 cm³/mol. The minimum atomic E-state index is -3.88. The molecule has 2 aromatic rings. The number of primary sulfonamides is 1. The molecule has 190 valence electrons. The van der Waals surface area contributed by atoms with Gasteiger partial charge in [-0.25, -0.2) is 26.7 Å². The molecule has 0 fully saturated rings. The number of benzene rings is 2. The molecular weight excluding hydrogens is 484 g/mol. The Morgan fingerprint density at radius 3 is 2.06 bits per heavy atom. The maximum atomic E-state index is 12.7. The molecule has 2 rings (SSSR count). The SMILES string of the molecule is CCCOc1ccc(S(=O)(=O)NCCC(CC)Oc2ccc(S(N)(=O)=O)cc2OC)cc1OC. The molecule has 0 amide bonds. The second-order valence-electron chi connectivity index (χ2n) is 7.35. The van der Waals surface area contributed by atoms with E-state index in [4.69, 9.17) is 24.1 Å². The second-order valence-corrected chi connectivity index (χ2v) is 10.7. The Kier molecular flexibility index (Phi) is 9.98. The van der Waals surface area contributed by atoms with Crippen LogP contribution in [-0.2, 0) is 20.0 Å². The largest absolute Gasteiger partial charge is 0.493 e. The van der Waals surface area contributed by atoms with Crippen LogP contribution < -0.4 is 28.8 Å². The summed E-state index contributed by atoms with van der Waals surface area (Å²) in [4.78, 5) is -0.0403. The van der Waals surface area contributed by atoms with Gasteiger partial charge in [-0.05, 0) is 43.5 Å². The molecule has 2 aromatic carbocycles. The van der Waals surface area contributed by atoms with E-state index in [9.17, 15) is 16.8 Å². The lowest BCUT2D eigenvalue weighted by atomic mass is 10.2. The highest BCUT2D eigenvalue weighted by Crippen LogP contribution is 2.32. The Morgan fingerprint density at radius 1 is 0.882 bits per heavy atom. The minimum absolute atomic E-state index is 0.0578. The van der Waals surface area contributed by atoms with Gasteiger partial charge in [-0.3, -0.25) is 0 Å². The van der Waals surface area contributed by atoms with Crippen LogP contribution in [0.25, 0.3) is 0 Å². The number of nitrogens with one attached hydrogen (secondary N) is 1. The highest BCUT2D eigenvalue weighted by Gasteiger charge is 2.19. The third-order valence-corrected chi connectivity index (χ3v) is 7.25. The first kappa shape index (κ1) is 27.7. The van der Waals surface area contributed by atoms with Gasteiger partial charge in [-0.2, -0.15) is 0 Å². The van der Waals surface area contributed by atoms with Crippen molar-refractivity contribution in [2.75, 3.05) is 27.4 Å². The molecule has 0 aliphatic heterocycles. The van der Waals surface area contributed by atoms with E-state index in [0.29, 0.717) is 36.7 Å². The molecule has 0 aliphatic carbocycles. The molecule has 0 radical (unpaired) electrons. The first-order valence-corrected chi connectivity index (χ1v) is 13.8. The van der Waals surface area contributed by atoms with Gasteiger partial charge in [-0.1, -0.05) is 13.8 Å². The summed E-state index contributed by atoms with van der Waals surface area (Å²) in [6.07, 6.45) is 1.41. The molecule has 0 saturated carbocycles. The van der Waals surface area contributed by atoms with E-state index in [-0.39, 0.29) is 28.2 Å². The van der Waals surface area contributed by atoms with Gasteiger partial charge < -0.3 is 18.9 Å². The van der Waals surface area contributed by atoms with Gasteiger partial charge in [0, 0.05) is 18.7 Å². The lowest BCUT2D eigenvalue weighted by Gasteiger charge is -2.20. The summed E-state index contributed by atoms with van der Waals surface area (Å²) in [7, 11) is -4.84. The third-order valence-electron chi connectivity index (χ3n) is 4.88. The van der Waals surface area contributed by atoms with E-state index in [1.807, 2.05) is 13.8 Å². The number of ether oxygens (including phenoxy) is 4. The van der Waals surface area contributed by atoms with Gasteiger partial charge in [0.15, 0.2) is 23.0 Å². The van der Waals surface area contributed by atoms with Gasteiger partial charge in [-0.15, -0.1) is 0 Å². The van der Waals surface area contributed by atoms with Crippen LogP contribution in [0.4, 0.5) is 0 Å². The zero-order valence-electron chi connectivity index (χ0n) is 19.7. The van der Waals surface area contributed by atoms with Crippen LogP contribution in [0, 0.1) is 0 Å². The highest BCUT2D eigenvalue weighted by atomic mass is 32.2. The van der Waals surface area contributed by atoms with Crippen molar-refractivity contribution < 1.29 is 35.8 Å². The molecule has 0 saturated heterocycles.